The van der Waals surface area contributed by atoms with E-state index in [9.17, 15) is 0 Å². The molecule has 5 heteroatoms. The molecule has 2 rings (SSSR count). The van der Waals surface area contributed by atoms with E-state index in [1.54, 1.807) is 7.11 Å². The Kier molecular flexibility index (Phi) is 5.04. The fourth-order valence-corrected chi connectivity index (χ4v) is 1.54. The highest BCUT2D eigenvalue weighted by molar-refractivity contribution is 14.0. The van der Waals surface area contributed by atoms with Gasteiger partial charge in [0.15, 0.2) is 5.96 Å². The van der Waals surface area contributed by atoms with Crippen LogP contribution in [0.1, 0.15) is 13.3 Å². The van der Waals surface area contributed by atoms with Crippen LogP contribution in [0.2, 0.25) is 0 Å². The molecular weight excluding hydrogens is 329 g/mol. The van der Waals surface area contributed by atoms with Gasteiger partial charge in [0.25, 0.3) is 0 Å². The number of benzene rings is 1. The quantitative estimate of drug-likeness (QED) is 0.502. The van der Waals surface area contributed by atoms with Crippen molar-refractivity contribution in [3.63, 3.8) is 0 Å². The molecule has 1 aliphatic carbocycles. The Hall–Kier alpha value is -0.980. The van der Waals surface area contributed by atoms with Crippen LogP contribution >= 0.6 is 24.0 Å². The van der Waals surface area contributed by atoms with Crippen molar-refractivity contribution in [3.8, 4) is 5.75 Å². The summed E-state index contributed by atoms with van der Waals surface area (Å²) in [5, 5.41) is 3.06. The number of halogens is 1. The zero-order chi connectivity index (χ0) is 11.5. The van der Waals surface area contributed by atoms with Crippen LogP contribution < -0.4 is 15.8 Å². The van der Waals surface area contributed by atoms with Gasteiger partial charge in [-0.1, -0.05) is 13.0 Å². The Morgan fingerprint density at radius 1 is 1.53 bits per heavy atom. The molecule has 0 spiro atoms. The van der Waals surface area contributed by atoms with E-state index in [-0.39, 0.29) is 24.0 Å². The van der Waals surface area contributed by atoms with Crippen LogP contribution in [0.3, 0.4) is 0 Å². The predicted molar refractivity (Wildman–Crippen MR) is 81.2 cm³/mol. The second-order valence-electron chi connectivity index (χ2n) is 4.15. The first-order valence-electron chi connectivity index (χ1n) is 5.43. The third kappa shape index (κ3) is 4.07. The Morgan fingerprint density at radius 2 is 2.24 bits per heavy atom. The van der Waals surface area contributed by atoms with E-state index < -0.39 is 0 Å². The normalized spacial score (nSPS) is 22.6. The molecule has 2 unspecified atom stereocenters. The zero-order valence-corrected chi connectivity index (χ0v) is 12.3. The first kappa shape index (κ1) is 14.1. The highest BCUT2D eigenvalue weighted by Crippen LogP contribution is 2.32. The molecule has 1 fully saturated rings. The number of aliphatic imine (C=N–C) groups is 1. The summed E-state index contributed by atoms with van der Waals surface area (Å²) in [6.07, 6.45) is 1.14. The third-order valence-corrected chi connectivity index (χ3v) is 2.71. The van der Waals surface area contributed by atoms with E-state index >= 15 is 0 Å². The number of nitrogens with zero attached hydrogens (tertiary/aromatic N) is 1. The fraction of sp³-hybridized carbons (Fsp3) is 0.417. The number of guanidine groups is 1. The smallest absolute Gasteiger partial charge is 0.193 e. The number of hydrogen-bond donors (Lipinski definition) is 2. The van der Waals surface area contributed by atoms with E-state index in [1.165, 1.54) is 0 Å². The van der Waals surface area contributed by atoms with Gasteiger partial charge < -0.3 is 15.8 Å². The number of nitrogens with two attached hydrogens (primary N) is 1. The first-order chi connectivity index (χ1) is 7.69. The molecule has 3 N–H and O–H groups in total. The van der Waals surface area contributed by atoms with Gasteiger partial charge in [-0.3, -0.25) is 0 Å². The average Bonchev–Trinajstić information content (AvgIpc) is 2.94. The molecule has 0 saturated heterocycles. The van der Waals surface area contributed by atoms with E-state index in [1.807, 2.05) is 24.3 Å². The molecule has 17 heavy (non-hydrogen) atoms. The van der Waals surface area contributed by atoms with E-state index in [4.69, 9.17) is 10.5 Å². The maximum Gasteiger partial charge on any atom is 0.193 e. The molecule has 1 saturated carbocycles. The van der Waals surface area contributed by atoms with Crippen LogP contribution in [-0.2, 0) is 0 Å². The van der Waals surface area contributed by atoms with Crippen molar-refractivity contribution in [3.05, 3.63) is 24.3 Å². The van der Waals surface area contributed by atoms with Crippen molar-refractivity contribution in [2.45, 2.75) is 19.4 Å². The molecule has 0 radical (unpaired) electrons. The summed E-state index contributed by atoms with van der Waals surface area (Å²) >= 11 is 0. The summed E-state index contributed by atoms with van der Waals surface area (Å²) in [6, 6.07) is 8.02. The van der Waals surface area contributed by atoms with Gasteiger partial charge in [-0.15, -0.1) is 24.0 Å². The number of hydrogen-bond acceptors (Lipinski definition) is 2. The van der Waals surface area contributed by atoms with Crippen LogP contribution in [-0.4, -0.2) is 19.1 Å². The highest BCUT2D eigenvalue weighted by Gasteiger charge is 2.32. The number of ether oxygens (including phenoxy) is 1. The van der Waals surface area contributed by atoms with Crippen molar-refractivity contribution in [2.75, 3.05) is 12.4 Å². The Labute approximate surface area is 119 Å². The van der Waals surface area contributed by atoms with Gasteiger partial charge in [-0.05, 0) is 24.5 Å². The van der Waals surface area contributed by atoms with Gasteiger partial charge in [-0.2, -0.15) is 0 Å². The fourth-order valence-electron chi connectivity index (χ4n) is 1.54. The first-order valence-corrected chi connectivity index (χ1v) is 5.43. The monoisotopic (exact) mass is 347 g/mol. The van der Waals surface area contributed by atoms with Crippen molar-refractivity contribution < 1.29 is 4.74 Å². The van der Waals surface area contributed by atoms with Gasteiger partial charge in [0.05, 0.1) is 13.2 Å². The number of methoxy groups -OCH3 is 1. The lowest BCUT2D eigenvalue weighted by molar-refractivity contribution is 0.415. The standard InChI is InChI=1S/C12H17N3O.HI/c1-8-6-11(8)15-12(13)14-9-4-3-5-10(7-9)16-2;/h3-5,7-8,11H,6H2,1-2H3,(H3,13,14,15);1H. The molecule has 1 aromatic rings. The van der Waals surface area contributed by atoms with E-state index in [2.05, 4.69) is 17.2 Å². The lowest BCUT2D eigenvalue weighted by atomic mass is 10.3. The van der Waals surface area contributed by atoms with Crippen molar-refractivity contribution in [1.82, 2.24) is 0 Å². The summed E-state index contributed by atoms with van der Waals surface area (Å²) in [5.74, 6) is 1.95. The molecule has 94 valence electrons. The van der Waals surface area contributed by atoms with Crippen molar-refractivity contribution >= 4 is 35.6 Å². The van der Waals surface area contributed by atoms with Crippen LogP contribution in [0.15, 0.2) is 29.3 Å². The molecule has 0 aliphatic heterocycles. The summed E-state index contributed by atoms with van der Waals surface area (Å²) in [4.78, 5) is 4.36. The topological polar surface area (TPSA) is 59.6 Å². The second-order valence-corrected chi connectivity index (χ2v) is 4.15. The number of rotatable bonds is 3. The molecule has 4 nitrogen and oxygen atoms in total. The summed E-state index contributed by atoms with van der Waals surface area (Å²) < 4.78 is 5.13. The summed E-state index contributed by atoms with van der Waals surface area (Å²) in [5.41, 5.74) is 6.70. The molecule has 0 heterocycles. The average molecular weight is 347 g/mol. The third-order valence-electron chi connectivity index (χ3n) is 2.71. The Balaban J connectivity index is 0.00000144. The minimum atomic E-state index is 0. The molecule has 0 bridgehead atoms. The van der Waals surface area contributed by atoms with Gasteiger partial charge in [0.1, 0.15) is 5.75 Å². The van der Waals surface area contributed by atoms with Crippen molar-refractivity contribution in [2.24, 2.45) is 16.6 Å². The van der Waals surface area contributed by atoms with Gasteiger partial charge >= 0.3 is 0 Å². The van der Waals surface area contributed by atoms with Crippen LogP contribution in [0, 0.1) is 5.92 Å². The van der Waals surface area contributed by atoms with Gasteiger partial charge in [-0.25, -0.2) is 4.99 Å². The Morgan fingerprint density at radius 3 is 2.82 bits per heavy atom. The minimum absolute atomic E-state index is 0. The molecule has 1 aromatic carbocycles. The van der Waals surface area contributed by atoms with Crippen LogP contribution in [0.4, 0.5) is 5.69 Å². The highest BCUT2D eigenvalue weighted by atomic mass is 127. The van der Waals surface area contributed by atoms with Gasteiger partial charge in [0, 0.05) is 11.8 Å². The second kappa shape index (κ2) is 6.09. The maximum atomic E-state index is 5.80. The molecule has 2 atom stereocenters. The van der Waals surface area contributed by atoms with Crippen molar-refractivity contribution in [1.29, 1.82) is 0 Å². The lowest BCUT2D eigenvalue weighted by Crippen LogP contribution is -2.23. The lowest BCUT2D eigenvalue weighted by Gasteiger charge is -2.07. The van der Waals surface area contributed by atoms with E-state index in [0.717, 1.165) is 17.9 Å². The predicted octanol–water partition coefficient (Wildman–Crippen LogP) is 2.45. The number of nitrogens with one attached hydrogen (secondary N) is 1. The summed E-state index contributed by atoms with van der Waals surface area (Å²) in [7, 11) is 1.64. The van der Waals surface area contributed by atoms with E-state index in [0.29, 0.717) is 17.9 Å². The zero-order valence-electron chi connectivity index (χ0n) is 10.0. The maximum absolute atomic E-state index is 5.80. The molecule has 0 amide bonds. The Bertz CT molecular complexity index is 408. The van der Waals surface area contributed by atoms with Crippen LogP contribution in [0.25, 0.3) is 0 Å². The largest absolute Gasteiger partial charge is 0.497 e. The number of anilines is 1. The molecule has 0 aromatic heterocycles. The van der Waals surface area contributed by atoms with Crippen LogP contribution in [0.5, 0.6) is 5.75 Å². The SMILES string of the molecule is COc1cccc(NC(N)=NC2CC2C)c1.I. The minimum Gasteiger partial charge on any atom is -0.497 e. The van der Waals surface area contributed by atoms with Gasteiger partial charge in [0.2, 0.25) is 0 Å². The molecular formula is C12H18IN3O. The molecule has 1 aliphatic rings. The summed E-state index contributed by atoms with van der Waals surface area (Å²) in [6.45, 7) is 2.17.